The molecule has 2 heterocycles. The highest BCUT2D eigenvalue weighted by Gasteiger charge is 2.40. The molecular formula is C28H31F5N2O3. The van der Waals surface area contributed by atoms with Crippen molar-refractivity contribution in [2.24, 2.45) is 0 Å². The molecule has 38 heavy (non-hydrogen) atoms. The third kappa shape index (κ3) is 6.98. The van der Waals surface area contributed by atoms with Gasteiger partial charge in [0.1, 0.15) is 11.6 Å². The number of amides is 1. The summed E-state index contributed by atoms with van der Waals surface area (Å²) in [7, 11) is 0. The molecule has 2 fully saturated rings. The predicted octanol–water partition coefficient (Wildman–Crippen LogP) is 4.59. The monoisotopic (exact) mass is 538 g/mol. The molecule has 0 spiro atoms. The molecule has 0 radical (unpaired) electrons. The number of β-amino-alcohol motifs (C(OH)–C–C–N with tert-alkyl or cyclic N) is 1. The van der Waals surface area contributed by atoms with E-state index in [1.54, 1.807) is 0 Å². The van der Waals surface area contributed by atoms with Gasteiger partial charge in [0.15, 0.2) is 0 Å². The Morgan fingerprint density at radius 2 is 1.58 bits per heavy atom. The van der Waals surface area contributed by atoms with Crippen molar-refractivity contribution in [2.75, 3.05) is 32.7 Å². The summed E-state index contributed by atoms with van der Waals surface area (Å²) in [6, 6.07) is 8.25. The SMILES string of the molecule is O=C(C=Cc1cc(F)cc(F)c1)N1CCC(O)(C(O)CN2CCC(c3ccc(C(F)(F)F)cc3)CC2)CC1. The van der Waals surface area contributed by atoms with Crippen molar-refractivity contribution in [1.82, 2.24) is 9.80 Å². The van der Waals surface area contributed by atoms with Crippen molar-refractivity contribution in [3.63, 3.8) is 0 Å². The summed E-state index contributed by atoms with van der Waals surface area (Å²) >= 11 is 0. The number of piperidine rings is 2. The summed E-state index contributed by atoms with van der Waals surface area (Å²) in [6.07, 6.45) is -0.973. The summed E-state index contributed by atoms with van der Waals surface area (Å²) in [6.45, 7) is 2.01. The topological polar surface area (TPSA) is 64.0 Å². The molecule has 2 aromatic rings. The molecule has 0 aromatic heterocycles. The second-order valence-electron chi connectivity index (χ2n) is 10.2. The lowest BCUT2D eigenvalue weighted by atomic mass is 9.84. The molecular weight excluding hydrogens is 507 g/mol. The van der Waals surface area contributed by atoms with Crippen molar-refractivity contribution >= 4 is 12.0 Å². The maximum atomic E-state index is 13.3. The normalized spacial score (nSPS) is 20.1. The smallest absolute Gasteiger partial charge is 0.389 e. The first-order valence-corrected chi connectivity index (χ1v) is 12.7. The average molecular weight is 539 g/mol. The molecule has 10 heteroatoms. The van der Waals surface area contributed by atoms with Gasteiger partial charge in [0.2, 0.25) is 5.91 Å². The minimum atomic E-state index is -4.36. The largest absolute Gasteiger partial charge is 0.416 e. The first-order valence-electron chi connectivity index (χ1n) is 12.7. The number of nitrogens with zero attached hydrogens (tertiary/aromatic N) is 2. The number of aliphatic hydroxyl groups excluding tert-OH is 1. The van der Waals surface area contributed by atoms with Gasteiger partial charge in [-0.25, -0.2) is 8.78 Å². The van der Waals surface area contributed by atoms with E-state index in [4.69, 9.17) is 0 Å². The standard InChI is InChI=1S/C28H31F5N2O3/c29-23-15-19(16-24(30)17-23)1-6-26(37)35-13-9-27(38,10-14-35)25(36)18-34-11-7-21(8-12-34)20-2-4-22(5-3-20)28(31,32)33/h1-6,15-17,21,25,36,38H,7-14,18H2. The maximum Gasteiger partial charge on any atom is 0.416 e. The number of rotatable bonds is 6. The lowest BCUT2D eigenvalue weighted by Gasteiger charge is -2.43. The van der Waals surface area contributed by atoms with Crippen LogP contribution in [-0.2, 0) is 11.0 Å². The Morgan fingerprint density at radius 3 is 2.13 bits per heavy atom. The number of hydrogen-bond donors (Lipinski definition) is 2. The van der Waals surface area contributed by atoms with Crippen LogP contribution in [0.2, 0.25) is 0 Å². The van der Waals surface area contributed by atoms with Crippen LogP contribution in [0.5, 0.6) is 0 Å². The Kier molecular flexibility index (Phi) is 8.54. The molecule has 2 aliphatic rings. The van der Waals surface area contributed by atoms with Gasteiger partial charge in [-0.2, -0.15) is 13.2 Å². The average Bonchev–Trinajstić information content (AvgIpc) is 2.87. The molecule has 0 aliphatic carbocycles. The molecule has 4 rings (SSSR count). The quantitative estimate of drug-likeness (QED) is 0.417. The Bertz CT molecular complexity index is 1120. The zero-order valence-electron chi connectivity index (χ0n) is 20.8. The van der Waals surface area contributed by atoms with Gasteiger partial charge in [0.05, 0.1) is 17.3 Å². The number of benzene rings is 2. The van der Waals surface area contributed by atoms with E-state index in [1.807, 2.05) is 4.90 Å². The Morgan fingerprint density at radius 1 is 1.00 bits per heavy atom. The summed E-state index contributed by atoms with van der Waals surface area (Å²) in [5.41, 5.74) is -0.927. The van der Waals surface area contributed by atoms with Crippen LogP contribution >= 0.6 is 0 Å². The van der Waals surface area contributed by atoms with Crippen molar-refractivity contribution in [3.05, 3.63) is 76.9 Å². The number of alkyl halides is 3. The summed E-state index contributed by atoms with van der Waals surface area (Å²) < 4.78 is 65.1. The second kappa shape index (κ2) is 11.5. The van der Waals surface area contributed by atoms with Crippen LogP contribution in [0.15, 0.2) is 48.5 Å². The van der Waals surface area contributed by atoms with Crippen LogP contribution in [0.3, 0.4) is 0 Å². The van der Waals surface area contributed by atoms with Crippen LogP contribution in [0.1, 0.15) is 48.3 Å². The van der Waals surface area contributed by atoms with E-state index >= 15 is 0 Å². The zero-order valence-corrected chi connectivity index (χ0v) is 20.8. The number of carbonyl (C=O) groups excluding carboxylic acids is 1. The molecule has 1 atom stereocenters. The van der Waals surface area contributed by atoms with Crippen LogP contribution in [-0.4, -0.2) is 70.3 Å². The van der Waals surface area contributed by atoms with Gasteiger partial charge in [-0.3, -0.25) is 4.79 Å². The fourth-order valence-corrected chi connectivity index (χ4v) is 5.20. The Hall–Kier alpha value is -2.82. The summed E-state index contributed by atoms with van der Waals surface area (Å²) in [5.74, 6) is -1.69. The molecule has 1 amide bonds. The van der Waals surface area contributed by atoms with E-state index in [-0.39, 0.29) is 49.9 Å². The van der Waals surface area contributed by atoms with Gasteiger partial charge < -0.3 is 20.0 Å². The molecule has 2 saturated heterocycles. The minimum absolute atomic E-state index is 0.139. The van der Waals surface area contributed by atoms with E-state index in [0.29, 0.717) is 13.1 Å². The molecule has 0 bridgehead atoms. The number of aliphatic hydroxyl groups is 2. The Balaban J connectivity index is 1.24. The van der Waals surface area contributed by atoms with Gasteiger partial charge in [0, 0.05) is 31.8 Å². The first kappa shape index (κ1) is 28.2. The van der Waals surface area contributed by atoms with E-state index in [9.17, 15) is 37.0 Å². The molecule has 1 unspecified atom stereocenters. The van der Waals surface area contributed by atoms with E-state index < -0.39 is 35.1 Å². The molecule has 2 N–H and O–H groups in total. The fraction of sp³-hybridized carbons (Fsp3) is 0.464. The third-order valence-electron chi connectivity index (χ3n) is 7.59. The zero-order chi connectivity index (χ0) is 27.5. The number of carbonyl (C=O) groups is 1. The lowest BCUT2D eigenvalue weighted by molar-refractivity contribution is -0.140. The summed E-state index contributed by atoms with van der Waals surface area (Å²) in [4.78, 5) is 16.1. The van der Waals surface area contributed by atoms with Crippen LogP contribution in [0, 0.1) is 11.6 Å². The van der Waals surface area contributed by atoms with E-state index in [1.165, 1.54) is 29.2 Å². The van der Waals surface area contributed by atoms with Gasteiger partial charge >= 0.3 is 6.18 Å². The maximum absolute atomic E-state index is 13.3. The molecule has 2 aromatic carbocycles. The highest BCUT2D eigenvalue weighted by molar-refractivity contribution is 5.91. The minimum Gasteiger partial charge on any atom is -0.389 e. The van der Waals surface area contributed by atoms with Crippen LogP contribution < -0.4 is 0 Å². The van der Waals surface area contributed by atoms with Crippen molar-refractivity contribution in [3.8, 4) is 0 Å². The molecule has 206 valence electrons. The van der Waals surface area contributed by atoms with Gasteiger partial charge in [-0.15, -0.1) is 0 Å². The highest BCUT2D eigenvalue weighted by Crippen LogP contribution is 2.34. The van der Waals surface area contributed by atoms with Crippen molar-refractivity contribution in [1.29, 1.82) is 0 Å². The van der Waals surface area contributed by atoms with Crippen molar-refractivity contribution in [2.45, 2.75) is 49.5 Å². The lowest BCUT2D eigenvalue weighted by Crippen LogP contribution is -2.56. The summed E-state index contributed by atoms with van der Waals surface area (Å²) in [5, 5.41) is 21.9. The predicted molar refractivity (Wildman–Crippen MR) is 132 cm³/mol. The molecule has 0 saturated carbocycles. The van der Waals surface area contributed by atoms with Crippen LogP contribution in [0.25, 0.3) is 6.08 Å². The van der Waals surface area contributed by atoms with Crippen molar-refractivity contribution < 1.29 is 37.0 Å². The number of halogens is 5. The fourth-order valence-electron chi connectivity index (χ4n) is 5.20. The molecule has 5 nitrogen and oxygen atoms in total. The van der Waals surface area contributed by atoms with Crippen LogP contribution in [0.4, 0.5) is 22.0 Å². The van der Waals surface area contributed by atoms with Gasteiger partial charge in [0.25, 0.3) is 0 Å². The van der Waals surface area contributed by atoms with E-state index in [0.717, 1.165) is 48.7 Å². The number of hydrogen-bond acceptors (Lipinski definition) is 4. The Labute approximate surface area is 218 Å². The van der Waals surface area contributed by atoms with E-state index in [2.05, 4.69) is 0 Å². The highest BCUT2D eigenvalue weighted by atomic mass is 19.4. The van der Waals surface area contributed by atoms with Gasteiger partial charge in [-0.1, -0.05) is 12.1 Å². The second-order valence-corrected chi connectivity index (χ2v) is 10.2. The number of likely N-dealkylation sites (tertiary alicyclic amines) is 2. The first-order chi connectivity index (χ1) is 17.9. The van der Waals surface area contributed by atoms with Gasteiger partial charge in [-0.05, 0) is 86.2 Å². The molecule has 2 aliphatic heterocycles. The third-order valence-corrected chi connectivity index (χ3v) is 7.59.